The van der Waals surface area contributed by atoms with Crippen LogP contribution in [-0.4, -0.2) is 16.3 Å². The number of aromatic nitrogens is 2. The highest BCUT2D eigenvalue weighted by molar-refractivity contribution is 5.27. The van der Waals surface area contributed by atoms with Crippen LogP contribution in [0.4, 0.5) is 0 Å². The van der Waals surface area contributed by atoms with Gasteiger partial charge < -0.3 is 5.32 Å². The average molecular weight is 285 g/mol. The molecule has 0 bridgehead atoms. The fraction of sp³-hybridized carbons (Fsp3) is 0.500. The van der Waals surface area contributed by atoms with Gasteiger partial charge in [-0.15, -0.1) is 0 Å². The smallest absolute Gasteiger partial charge is 0.0604 e. The van der Waals surface area contributed by atoms with Gasteiger partial charge in [0.15, 0.2) is 0 Å². The summed E-state index contributed by atoms with van der Waals surface area (Å²) < 4.78 is 2.03. The molecule has 0 saturated heterocycles. The largest absolute Gasteiger partial charge is 0.308 e. The van der Waals surface area contributed by atoms with Gasteiger partial charge in [-0.1, -0.05) is 45.0 Å². The number of nitrogens with one attached hydrogen (secondary N) is 1. The van der Waals surface area contributed by atoms with Crippen molar-refractivity contribution in [2.24, 2.45) is 0 Å². The zero-order valence-electron chi connectivity index (χ0n) is 13.6. The molecule has 0 aliphatic heterocycles. The lowest BCUT2D eigenvalue weighted by molar-refractivity contribution is 0.439. The van der Waals surface area contributed by atoms with E-state index in [1.165, 1.54) is 16.7 Å². The summed E-state index contributed by atoms with van der Waals surface area (Å²) in [5.74, 6) is 0.579. The minimum absolute atomic E-state index is 0.311. The Labute approximate surface area is 128 Å². The summed E-state index contributed by atoms with van der Waals surface area (Å²) in [6.45, 7) is 10.6. The second kappa shape index (κ2) is 7.41. The third-order valence-corrected chi connectivity index (χ3v) is 3.78. The molecule has 21 heavy (non-hydrogen) atoms. The van der Waals surface area contributed by atoms with Gasteiger partial charge in [0.2, 0.25) is 0 Å². The predicted molar refractivity (Wildman–Crippen MR) is 88.5 cm³/mol. The number of nitrogens with zero attached hydrogens (tertiary/aromatic N) is 2. The first-order valence-electron chi connectivity index (χ1n) is 7.92. The van der Waals surface area contributed by atoms with Crippen molar-refractivity contribution in [1.82, 2.24) is 15.1 Å². The van der Waals surface area contributed by atoms with Gasteiger partial charge in [-0.05, 0) is 42.5 Å². The van der Waals surface area contributed by atoms with Crippen molar-refractivity contribution >= 4 is 0 Å². The van der Waals surface area contributed by atoms with Crippen LogP contribution in [-0.2, 0) is 6.54 Å². The molecule has 3 heteroatoms. The van der Waals surface area contributed by atoms with Crippen molar-refractivity contribution in [2.75, 3.05) is 6.54 Å². The Hall–Kier alpha value is -1.61. The maximum Gasteiger partial charge on any atom is 0.0604 e. The molecule has 0 aliphatic rings. The van der Waals surface area contributed by atoms with Crippen LogP contribution in [0, 0.1) is 6.92 Å². The van der Waals surface area contributed by atoms with E-state index in [-0.39, 0.29) is 0 Å². The highest BCUT2D eigenvalue weighted by atomic mass is 15.3. The van der Waals surface area contributed by atoms with Gasteiger partial charge in [0, 0.05) is 6.20 Å². The number of aryl methyl sites for hydroxylation is 1. The van der Waals surface area contributed by atoms with Gasteiger partial charge in [0.25, 0.3) is 0 Å². The van der Waals surface area contributed by atoms with E-state index >= 15 is 0 Å². The zero-order valence-corrected chi connectivity index (χ0v) is 13.6. The first kappa shape index (κ1) is 15.8. The standard InChI is InChI=1S/C18H27N3/c1-5-10-19-18(13-21-12-15(4)11-20-21)17-8-6-16(7-9-17)14(2)3/h6-9,11-12,14,18-19H,5,10,13H2,1-4H3. The van der Waals surface area contributed by atoms with Crippen molar-refractivity contribution in [1.29, 1.82) is 0 Å². The molecule has 0 spiro atoms. The van der Waals surface area contributed by atoms with E-state index in [2.05, 4.69) is 68.6 Å². The molecule has 1 heterocycles. The molecule has 114 valence electrons. The zero-order chi connectivity index (χ0) is 15.2. The highest BCUT2D eigenvalue weighted by Crippen LogP contribution is 2.20. The molecule has 1 atom stereocenters. The Bertz CT molecular complexity index is 540. The Morgan fingerprint density at radius 3 is 2.33 bits per heavy atom. The van der Waals surface area contributed by atoms with Crippen LogP contribution in [0.2, 0.25) is 0 Å². The monoisotopic (exact) mass is 285 g/mol. The molecule has 1 unspecified atom stereocenters. The molecule has 3 nitrogen and oxygen atoms in total. The summed E-state index contributed by atoms with van der Waals surface area (Å²) in [5.41, 5.74) is 3.93. The van der Waals surface area contributed by atoms with Crippen molar-refractivity contribution in [3.05, 3.63) is 53.3 Å². The van der Waals surface area contributed by atoms with E-state index in [1.54, 1.807) is 0 Å². The minimum Gasteiger partial charge on any atom is -0.308 e. The summed E-state index contributed by atoms with van der Waals surface area (Å²) in [6, 6.07) is 9.30. The van der Waals surface area contributed by atoms with E-state index in [1.807, 2.05) is 10.9 Å². The Morgan fingerprint density at radius 2 is 1.81 bits per heavy atom. The van der Waals surface area contributed by atoms with Gasteiger partial charge in [-0.2, -0.15) is 5.10 Å². The second-order valence-corrected chi connectivity index (χ2v) is 6.07. The van der Waals surface area contributed by atoms with Crippen LogP contribution in [0.25, 0.3) is 0 Å². The topological polar surface area (TPSA) is 29.9 Å². The molecule has 0 saturated carbocycles. The highest BCUT2D eigenvalue weighted by Gasteiger charge is 2.12. The van der Waals surface area contributed by atoms with E-state index in [4.69, 9.17) is 0 Å². The van der Waals surface area contributed by atoms with Gasteiger partial charge in [0.1, 0.15) is 0 Å². The Kier molecular flexibility index (Phi) is 5.57. The number of rotatable bonds is 7. The number of hydrogen-bond donors (Lipinski definition) is 1. The van der Waals surface area contributed by atoms with Crippen LogP contribution >= 0.6 is 0 Å². The van der Waals surface area contributed by atoms with E-state index in [9.17, 15) is 0 Å². The molecule has 0 aliphatic carbocycles. The molecule has 2 rings (SSSR count). The summed E-state index contributed by atoms with van der Waals surface area (Å²) in [7, 11) is 0. The van der Waals surface area contributed by atoms with Gasteiger partial charge in [-0.25, -0.2) is 0 Å². The van der Waals surface area contributed by atoms with Crippen LogP contribution in [0.1, 0.15) is 55.8 Å². The molecule has 2 aromatic rings. The maximum atomic E-state index is 4.41. The fourth-order valence-electron chi connectivity index (χ4n) is 2.47. The summed E-state index contributed by atoms with van der Waals surface area (Å²) in [4.78, 5) is 0. The quantitative estimate of drug-likeness (QED) is 0.831. The van der Waals surface area contributed by atoms with Crippen LogP contribution in [0.5, 0.6) is 0 Å². The van der Waals surface area contributed by atoms with Gasteiger partial charge in [-0.3, -0.25) is 4.68 Å². The van der Waals surface area contributed by atoms with E-state index in [0.717, 1.165) is 19.5 Å². The van der Waals surface area contributed by atoms with Crippen molar-refractivity contribution in [2.45, 2.75) is 52.6 Å². The molecule has 1 aromatic carbocycles. The SMILES string of the molecule is CCCNC(Cn1cc(C)cn1)c1ccc(C(C)C)cc1. The molecular formula is C18H27N3. The summed E-state index contributed by atoms with van der Waals surface area (Å²) in [5, 5.41) is 8.04. The minimum atomic E-state index is 0.311. The third-order valence-electron chi connectivity index (χ3n) is 3.78. The van der Waals surface area contributed by atoms with E-state index in [0.29, 0.717) is 12.0 Å². The first-order chi connectivity index (χ1) is 10.1. The van der Waals surface area contributed by atoms with Gasteiger partial charge >= 0.3 is 0 Å². The van der Waals surface area contributed by atoms with Crippen LogP contribution < -0.4 is 5.32 Å². The third kappa shape index (κ3) is 4.43. The summed E-state index contributed by atoms with van der Waals surface area (Å²) >= 11 is 0. The Balaban J connectivity index is 2.14. The number of hydrogen-bond acceptors (Lipinski definition) is 2. The van der Waals surface area contributed by atoms with Crippen LogP contribution in [0.3, 0.4) is 0 Å². The second-order valence-electron chi connectivity index (χ2n) is 6.07. The van der Waals surface area contributed by atoms with Crippen LogP contribution in [0.15, 0.2) is 36.7 Å². The normalized spacial score (nSPS) is 12.8. The molecule has 0 radical (unpaired) electrons. The maximum absolute atomic E-state index is 4.41. The lowest BCUT2D eigenvalue weighted by Crippen LogP contribution is -2.26. The Morgan fingerprint density at radius 1 is 1.14 bits per heavy atom. The fourth-order valence-corrected chi connectivity index (χ4v) is 2.47. The predicted octanol–water partition coefficient (Wildman–Crippen LogP) is 4.06. The van der Waals surface area contributed by atoms with E-state index < -0.39 is 0 Å². The molecule has 1 N–H and O–H groups in total. The lowest BCUT2D eigenvalue weighted by Gasteiger charge is -2.20. The number of benzene rings is 1. The lowest BCUT2D eigenvalue weighted by atomic mass is 9.99. The molecule has 0 amide bonds. The first-order valence-corrected chi connectivity index (χ1v) is 7.92. The molecule has 0 fully saturated rings. The van der Waals surface area contributed by atoms with Crippen molar-refractivity contribution in [3.63, 3.8) is 0 Å². The average Bonchev–Trinajstić information content (AvgIpc) is 2.89. The summed E-state index contributed by atoms with van der Waals surface area (Å²) in [6.07, 6.45) is 5.15. The molecule has 1 aromatic heterocycles. The van der Waals surface area contributed by atoms with Crippen molar-refractivity contribution in [3.8, 4) is 0 Å². The van der Waals surface area contributed by atoms with Crippen molar-refractivity contribution < 1.29 is 0 Å². The molecular weight excluding hydrogens is 258 g/mol. The van der Waals surface area contributed by atoms with Gasteiger partial charge in [0.05, 0.1) is 18.8 Å².